The molecule has 0 saturated carbocycles. The number of methoxy groups -OCH3 is 1. The van der Waals surface area contributed by atoms with Crippen molar-refractivity contribution in [3.63, 3.8) is 0 Å². The molecule has 0 aliphatic carbocycles. The second kappa shape index (κ2) is 17.0. The summed E-state index contributed by atoms with van der Waals surface area (Å²) >= 11 is 0. The molecule has 320 valence electrons. The van der Waals surface area contributed by atoms with E-state index in [-0.39, 0.29) is 42.8 Å². The Balaban J connectivity index is 1.20. The topological polar surface area (TPSA) is 109 Å². The van der Waals surface area contributed by atoms with Crippen molar-refractivity contribution in [2.24, 2.45) is 5.92 Å². The molecule has 0 radical (unpaired) electrons. The average molecular weight is 858 g/mol. The summed E-state index contributed by atoms with van der Waals surface area (Å²) in [7, 11) is -1.00. The SMILES string of the molecule is COc1ccc([Si](C)(C)[C@H]2[C@H](CC(=O)N(CCO)Cc3ccccc3)O[C@@]3(C(=O)N(Cc4ccccc4)c4ccc(N5C(=O)c6ccccc6Oc6ccccc65)cc43)[C@@H]2C)cc1. The molecule has 1 fully saturated rings. The molecule has 6 aromatic rings. The Kier molecular flexibility index (Phi) is 11.3. The molecule has 3 amide bonds. The predicted molar refractivity (Wildman–Crippen MR) is 247 cm³/mol. The number of rotatable bonds is 12. The van der Waals surface area contributed by atoms with Crippen LogP contribution >= 0.6 is 0 Å². The van der Waals surface area contributed by atoms with Crippen LogP contribution in [0.2, 0.25) is 18.6 Å². The van der Waals surface area contributed by atoms with Gasteiger partial charge in [0.15, 0.2) is 11.4 Å². The lowest BCUT2D eigenvalue weighted by Gasteiger charge is -2.37. The van der Waals surface area contributed by atoms with Crippen molar-refractivity contribution < 1.29 is 33.7 Å². The van der Waals surface area contributed by atoms with Crippen LogP contribution in [0.4, 0.5) is 17.1 Å². The highest BCUT2D eigenvalue weighted by atomic mass is 28.3. The lowest BCUT2D eigenvalue weighted by atomic mass is 9.82. The molecule has 0 bridgehead atoms. The Labute approximate surface area is 369 Å². The lowest BCUT2D eigenvalue weighted by molar-refractivity contribution is -0.150. The van der Waals surface area contributed by atoms with E-state index < -0.39 is 25.7 Å². The van der Waals surface area contributed by atoms with Gasteiger partial charge < -0.3 is 29.1 Å². The van der Waals surface area contributed by atoms with E-state index in [1.54, 1.807) is 33.9 Å². The number of amides is 3. The first-order valence-corrected chi connectivity index (χ1v) is 24.6. The molecule has 3 heterocycles. The number of carbonyl (C=O) groups excluding carboxylic acids is 3. The number of hydrogen-bond acceptors (Lipinski definition) is 7. The van der Waals surface area contributed by atoms with Crippen LogP contribution in [0.3, 0.4) is 0 Å². The maximum atomic E-state index is 15.7. The molecule has 1 saturated heterocycles. The molecular formula is C52H51N3O7Si. The van der Waals surface area contributed by atoms with Gasteiger partial charge in [-0.2, -0.15) is 0 Å². The van der Waals surface area contributed by atoms with E-state index in [2.05, 4.69) is 32.2 Å². The van der Waals surface area contributed by atoms with E-state index in [0.29, 0.717) is 52.8 Å². The van der Waals surface area contributed by atoms with Gasteiger partial charge >= 0.3 is 0 Å². The van der Waals surface area contributed by atoms with Crippen LogP contribution in [0, 0.1) is 5.92 Å². The number of aliphatic hydroxyl groups excluding tert-OH is 1. The minimum atomic E-state index is -2.65. The predicted octanol–water partition coefficient (Wildman–Crippen LogP) is 8.95. The fraction of sp³-hybridized carbons (Fsp3) is 0.250. The van der Waals surface area contributed by atoms with Crippen LogP contribution in [0.25, 0.3) is 0 Å². The van der Waals surface area contributed by atoms with Crippen LogP contribution in [-0.2, 0) is 33.0 Å². The Bertz CT molecular complexity index is 2660. The van der Waals surface area contributed by atoms with Gasteiger partial charge in [-0.05, 0) is 71.3 Å². The van der Waals surface area contributed by atoms with Gasteiger partial charge in [-0.1, -0.05) is 122 Å². The highest BCUT2D eigenvalue weighted by molar-refractivity contribution is 6.91. The number of aliphatic hydroxyl groups is 1. The summed E-state index contributed by atoms with van der Waals surface area (Å²) in [6.07, 6.45) is -0.672. The summed E-state index contributed by atoms with van der Waals surface area (Å²) < 4.78 is 19.3. The molecule has 3 aliphatic rings. The normalized spacial score (nSPS) is 20.2. The van der Waals surface area contributed by atoms with Crippen LogP contribution in [0.15, 0.2) is 152 Å². The highest BCUT2D eigenvalue weighted by Crippen LogP contribution is 2.61. The lowest BCUT2D eigenvalue weighted by Crippen LogP contribution is -2.52. The minimum absolute atomic E-state index is 0.00325. The van der Waals surface area contributed by atoms with E-state index in [0.717, 1.165) is 22.1 Å². The third kappa shape index (κ3) is 7.39. The third-order valence-electron chi connectivity index (χ3n) is 13.2. The number of benzene rings is 6. The van der Waals surface area contributed by atoms with Gasteiger partial charge in [-0.3, -0.25) is 19.3 Å². The number of nitrogens with zero attached hydrogens (tertiary/aromatic N) is 3. The third-order valence-corrected chi connectivity index (χ3v) is 17.6. The first kappa shape index (κ1) is 41.8. The molecule has 63 heavy (non-hydrogen) atoms. The number of para-hydroxylation sites is 3. The van der Waals surface area contributed by atoms with E-state index in [9.17, 15) is 14.7 Å². The molecule has 3 aliphatic heterocycles. The zero-order valence-electron chi connectivity index (χ0n) is 35.9. The quantitative estimate of drug-likeness (QED) is 0.123. The second-order valence-electron chi connectivity index (χ2n) is 17.2. The first-order valence-electron chi connectivity index (χ1n) is 21.5. The number of fused-ring (bicyclic) bond motifs is 4. The van der Waals surface area contributed by atoms with Crippen molar-refractivity contribution in [1.82, 2.24) is 4.90 Å². The first-order chi connectivity index (χ1) is 30.5. The molecule has 0 aromatic heterocycles. The smallest absolute Gasteiger partial charge is 0.266 e. The molecule has 11 heteroatoms. The number of ether oxygens (including phenoxy) is 3. The summed E-state index contributed by atoms with van der Waals surface area (Å²) in [5.74, 6) is 0.647. The standard InChI is InChI=1S/C52H51N3O7Si/c1-35-49(63(3,4)40-26-24-39(60-2)25-27-40)47(32-48(57)53(29-30-56)33-36-15-7-5-8-16-36)62-52(35)42-31-38(23-28-43(42)54(51(52)59)34-37-17-9-6-10-18-37)55-44-20-12-14-22-46(44)61-45-21-13-11-19-41(45)50(55)58/h5-28,31,35,47,49,56H,29-30,32-34H2,1-4H3/t35-,47+,49-,52+/m1/s1. The average Bonchev–Trinajstić information content (AvgIpc) is 3.67. The van der Waals surface area contributed by atoms with Gasteiger partial charge in [0.05, 0.1) is 57.8 Å². The zero-order chi connectivity index (χ0) is 43.9. The minimum Gasteiger partial charge on any atom is -0.497 e. The molecule has 9 rings (SSSR count). The largest absolute Gasteiger partial charge is 0.497 e. The fourth-order valence-electron chi connectivity index (χ4n) is 10.1. The molecule has 1 spiro atoms. The van der Waals surface area contributed by atoms with Crippen LogP contribution in [-0.4, -0.2) is 62.2 Å². The van der Waals surface area contributed by atoms with Crippen molar-refractivity contribution in [3.05, 3.63) is 174 Å². The summed E-state index contributed by atoms with van der Waals surface area (Å²) in [6, 6.07) is 48.1. The zero-order valence-corrected chi connectivity index (χ0v) is 36.9. The molecule has 1 N–H and O–H groups in total. The summed E-state index contributed by atoms with van der Waals surface area (Å²) in [5, 5.41) is 11.3. The molecular weight excluding hydrogens is 807 g/mol. The van der Waals surface area contributed by atoms with E-state index in [1.807, 2.05) is 127 Å². The summed E-state index contributed by atoms with van der Waals surface area (Å²) in [5.41, 5.74) is 3.00. The Morgan fingerprint density at radius 1 is 0.794 bits per heavy atom. The molecule has 6 aromatic carbocycles. The number of anilines is 3. The Morgan fingerprint density at radius 3 is 2.14 bits per heavy atom. The van der Waals surface area contributed by atoms with Crippen molar-refractivity contribution in [2.45, 2.75) is 56.8 Å². The van der Waals surface area contributed by atoms with Gasteiger partial charge in [0, 0.05) is 30.3 Å². The second-order valence-corrected chi connectivity index (χ2v) is 21.9. The van der Waals surface area contributed by atoms with Crippen LogP contribution in [0.5, 0.6) is 17.2 Å². The maximum Gasteiger partial charge on any atom is 0.266 e. The highest BCUT2D eigenvalue weighted by Gasteiger charge is 2.66. The van der Waals surface area contributed by atoms with Gasteiger partial charge in [-0.25, -0.2) is 0 Å². The summed E-state index contributed by atoms with van der Waals surface area (Å²) in [4.78, 5) is 50.3. The van der Waals surface area contributed by atoms with Crippen molar-refractivity contribution in [1.29, 1.82) is 0 Å². The maximum absolute atomic E-state index is 15.7. The van der Waals surface area contributed by atoms with Crippen molar-refractivity contribution in [2.75, 3.05) is 30.1 Å². The van der Waals surface area contributed by atoms with Crippen LogP contribution in [0.1, 0.15) is 40.4 Å². The van der Waals surface area contributed by atoms with Crippen LogP contribution < -0.4 is 24.5 Å². The molecule has 4 atom stereocenters. The number of carbonyl (C=O) groups is 3. The van der Waals surface area contributed by atoms with Crippen molar-refractivity contribution in [3.8, 4) is 17.2 Å². The van der Waals surface area contributed by atoms with Crippen molar-refractivity contribution >= 4 is 48.0 Å². The Morgan fingerprint density at radius 2 is 1.44 bits per heavy atom. The molecule has 0 unspecified atom stereocenters. The number of hydrogen-bond donors (Lipinski definition) is 1. The monoisotopic (exact) mass is 857 g/mol. The van der Waals surface area contributed by atoms with E-state index in [4.69, 9.17) is 14.2 Å². The molecule has 10 nitrogen and oxygen atoms in total. The fourth-order valence-corrected chi connectivity index (χ4v) is 14.2. The van der Waals surface area contributed by atoms with E-state index >= 15 is 4.79 Å². The van der Waals surface area contributed by atoms with Gasteiger partial charge in [0.25, 0.3) is 11.8 Å². The Hall–Kier alpha value is -6.53. The van der Waals surface area contributed by atoms with Gasteiger partial charge in [0.1, 0.15) is 11.5 Å². The van der Waals surface area contributed by atoms with E-state index in [1.165, 1.54) is 0 Å². The summed E-state index contributed by atoms with van der Waals surface area (Å²) in [6.45, 7) is 7.25. The van der Waals surface area contributed by atoms with Gasteiger partial charge in [-0.15, -0.1) is 0 Å². The van der Waals surface area contributed by atoms with Gasteiger partial charge in [0.2, 0.25) is 5.91 Å².